The number of ether oxygens (including phenoxy) is 1. The third-order valence-corrected chi connectivity index (χ3v) is 4.58. The highest BCUT2D eigenvalue weighted by Crippen LogP contribution is 2.50. The van der Waals surface area contributed by atoms with Crippen LogP contribution in [0.1, 0.15) is 20.8 Å². The molecule has 3 rings (SSSR count). The quantitative estimate of drug-likeness (QED) is 0.840. The van der Waals surface area contributed by atoms with Crippen molar-refractivity contribution in [3.63, 3.8) is 0 Å². The van der Waals surface area contributed by atoms with E-state index in [0.29, 0.717) is 11.7 Å². The number of hydrogen-bond acceptors (Lipinski definition) is 4. The fraction of sp³-hybridized carbons (Fsp3) is 0.400. The summed E-state index contributed by atoms with van der Waals surface area (Å²) in [6.07, 6.45) is 0. The van der Waals surface area contributed by atoms with E-state index in [0.717, 1.165) is 43.3 Å². The highest BCUT2D eigenvalue weighted by molar-refractivity contribution is 5.81. The van der Waals surface area contributed by atoms with Gasteiger partial charge < -0.3 is 19.6 Å². The zero-order valence-corrected chi connectivity index (χ0v) is 14.7. The van der Waals surface area contributed by atoms with Gasteiger partial charge in [0.1, 0.15) is 11.4 Å². The molecule has 0 bridgehead atoms. The second kappa shape index (κ2) is 7.14. The third-order valence-electron chi connectivity index (χ3n) is 4.58. The van der Waals surface area contributed by atoms with E-state index in [1.165, 1.54) is 0 Å². The van der Waals surface area contributed by atoms with Crippen LogP contribution in [0.25, 0.3) is 0 Å². The third kappa shape index (κ3) is 3.20. The van der Waals surface area contributed by atoms with Crippen LogP contribution < -0.4 is 9.64 Å². The Morgan fingerprint density at radius 3 is 2.50 bits per heavy atom. The van der Waals surface area contributed by atoms with Gasteiger partial charge in [0.15, 0.2) is 11.5 Å². The molecule has 4 heteroatoms. The molecule has 0 radical (unpaired) electrons. The van der Waals surface area contributed by atoms with Crippen LogP contribution in [0.15, 0.2) is 42.5 Å². The molecular formula is C20H26N2O2. The minimum absolute atomic E-state index is 0.261. The molecule has 1 N–H and O–H groups in total. The maximum absolute atomic E-state index is 10.4. The van der Waals surface area contributed by atoms with Gasteiger partial charge in [0.05, 0.1) is 5.69 Å². The summed E-state index contributed by atoms with van der Waals surface area (Å²) in [5, 5.41) is 10.4. The van der Waals surface area contributed by atoms with Crippen LogP contribution in [0.3, 0.4) is 0 Å². The van der Waals surface area contributed by atoms with E-state index < -0.39 is 0 Å². The predicted molar refractivity (Wildman–Crippen MR) is 98.6 cm³/mol. The van der Waals surface area contributed by atoms with Crippen molar-refractivity contribution in [2.75, 3.05) is 31.1 Å². The van der Waals surface area contributed by atoms with E-state index in [2.05, 4.69) is 36.6 Å². The Kier molecular flexibility index (Phi) is 4.95. The van der Waals surface area contributed by atoms with Gasteiger partial charge in [0, 0.05) is 13.1 Å². The van der Waals surface area contributed by atoms with Crippen molar-refractivity contribution in [1.82, 2.24) is 4.90 Å². The Morgan fingerprint density at radius 1 is 1.04 bits per heavy atom. The summed E-state index contributed by atoms with van der Waals surface area (Å²) in [5.41, 5.74) is 1.78. The van der Waals surface area contributed by atoms with Crippen LogP contribution in [0.4, 0.5) is 11.4 Å². The van der Waals surface area contributed by atoms with Gasteiger partial charge in [-0.25, -0.2) is 0 Å². The van der Waals surface area contributed by atoms with E-state index in [1.807, 2.05) is 30.3 Å². The summed E-state index contributed by atoms with van der Waals surface area (Å²) in [5.74, 6) is 2.27. The molecule has 1 heterocycles. The van der Waals surface area contributed by atoms with Crippen molar-refractivity contribution in [2.45, 2.75) is 20.8 Å². The number of phenols is 1. The summed E-state index contributed by atoms with van der Waals surface area (Å²) in [4.78, 5) is 4.63. The lowest BCUT2D eigenvalue weighted by Crippen LogP contribution is -2.34. The van der Waals surface area contributed by atoms with Gasteiger partial charge in [-0.1, -0.05) is 39.0 Å². The van der Waals surface area contributed by atoms with Gasteiger partial charge in [0.25, 0.3) is 0 Å². The second-order valence-electron chi connectivity index (χ2n) is 6.40. The molecule has 0 spiro atoms. The van der Waals surface area contributed by atoms with E-state index in [-0.39, 0.29) is 5.75 Å². The van der Waals surface area contributed by atoms with Crippen LogP contribution in [-0.2, 0) is 0 Å². The SMILES string of the molecule is CCN(CC)CC(C)CN1c2ccccc2Oc2cccc(O)c21. The number of rotatable bonds is 6. The largest absolute Gasteiger partial charge is 0.506 e. The second-order valence-corrected chi connectivity index (χ2v) is 6.40. The lowest BCUT2D eigenvalue weighted by molar-refractivity contribution is 0.263. The van der Waals surface area contributed by atoms with Crippen LogP contribution in [0.2, 0.25) is 0 Å². The maximum Gasteiger partial charge on any atom is 0.155 e. The van der Waals surface area contributed by atoms with Gasteiger partial charge >= 0.3 is 0 Å². The predicted octanol–water partition coefficient (Wildman–Crippen LogP) is 4.61. The first-order chi connectivity index (χ1) is 11.6. The van der Waals surface area contributed by atoms with E-state index >= 15 is 0 Å². The summed E-state index contributed by atoms with van der Waals surface area (Å²) < 4.78 is 5.98. The summed E-state index contributed by atoms with van der Waals surface area (Å²) in [6, 6.07) is 13.5. The molecule has 0 saturated carbocycles. The first kappa shape index (κ1) is 16.7. The fourth-order valence-electron chi connectivity index (χ4n) is 3.35. The van der Waals surface area contributed by atoms with Gasteiger partial charge in [-0.15, -0.1) is 0 Å². The number of benzene rings is 2. The highest BCUT2D eigenvalue weighted by atomic mass is 16.5. The Hall–Kier alpha value is -2.20. The van der Waals surface area contributed by atoms with Crippen molar-refractivity contribution in [3.8, 4) is 17.2 Å². The van der Waals surface area contributed by atoms with Crippen LogP contribution in [0, 0.1) is 5.92 Å². The lowest BCUT2D eigenvalue weighted by atomic mass is 10.1. The molecule has 1 aliphatic rings. The zero-order valence-electron chi connectivity index (χ0n) is 14.7. The summed E-state index contributed by atoms with van der Waals surface area (Å²) in [7, 11) is 0. The molecule has 0 saturated heterocycles. The molecule has 0 aliphatic carbocycles. The molecule has 0 amide bonds. The Morgan fingerprint density at radius 2 is 1.75 bits per heavy atom. The summed E-state index contributed by atoms with van der Waals surface area (Å²) in [6.45, 7) is 10.6. The Balaban J connectivity index is 1.92. The van der Waals surface area contributed by atoms with Crippen molar-refractivity contribution >= 4 is 11.4 Å². The van der Waals surface area contributed by atoms with Gasteiger partial charge in [0.2, 0.25) is 0 Å². The minimum atomic E-state index is 0.261. The molecule has 4 nitrogen and oxygen atoms in total. The topological polar surface area (TPSA) is 35.9 Å². The fourth-order valence-corrected chi connectivity index (χ4v) is 3.35. The first-order valence-electron chi connectivity index (χ1n) is 8.72. The highest BCUT2D eigenvalue weighted by Gasteiger charge is 2.28. The molecule has 1 atom stereocenters. The standard InChI is InChI=1S/C20H26N2O2/c1-4-21(5-2)13-15(3)14-22-16-9-6-7-11-18(16)24-19-12-8-10-17(23)20(19)22/h6-12,15,23H,4-5,13-14H2,1-3H3. The van der Waals surface area contributed by atoms with Crippen LogP contribution in [-0.4, -0.2) is 36.2 Å². The lowest BCUT2D eigenvalue weighted by Gasteiger charge is -2.35. The minimum Gasteiger partial charge on any atom is -0.506 e. The zero-order chi connectivity index (χ0) is 17.1. The number of hydrogen-bond donors (Lipinski definition) is 1. The first-order valence-corrected chi connectivity index (χ1v) is 8.72. The number of nitrogens with zero attached hydrogens (tertiary/aromatic N) is 2. The molecule has 1 unspecified atom stereocenters. The normalized spacial score (nSPS) is 14.1. The maximum atomic E-state index is 10.4. The van der Waals surface area contributed by atoms with Crippen molar-refractivity contribution in [3.05, 3.63) is 42.5 Å². The summed E-state index contributed by atoms with van der Waals surface area (Å²) >= 11 is 0. The van der Waals surface area contributed by atoms with E-state index in [1.54, 1.807) is 6.07 Å². The van der Waals surface area contributed by atoms with Crippen molar-refractivity contribution in [2.24, 2.45) is 5.92 Å². The molecule has 2 aromatic rings. The van der Waals surface area contributed by atoms with Crippen LogP contribution >= 0.6 is 0 Å². The number of para-hydroxylation sites is 3. The van der Waals surface area contributed by atoms with Gasteiger partial charge in [-0.2, -0.15) is 0 Å². The Labute approximate surface area is 144 Å². The number of phenolic OH excluding ortho intramolecular Hbond substituents is 1. The smallest absolute Gasteiger partial charge is 0.155 e. The Bertz CT molecular complexity index is 698. The van der Waals surface area contributed by atoms with E-state index in [9.17, 15) is 5.11 Å². The van der Waals surface area contributed by atoms with Gasteiger partial charge in [-0.05, 0) is 43.3 Å². The van der Waals surface area contributed by atoms with Crippen molar-refractivity contribution in [1.29, 1.82) is 0 Å². The number of fused-ring (bicyclic) bond motifs is 2. The van der Waals surface area contributed by atoms with E-state index in [4.69, 9.17) is 4.74 Å². The average molecular weight is 326 g/mol. The molecule has 128 valence electrons. The molecule has 0 fully saturated rings. The number of aromatic hydroxyl groups is 1. The molecule has 24 heavy (non-hydrogen) atoms. The molecule has 1 aliphatic heterocycles. The average Bonchev–Trinajstić information content (AvgIpc) is 2.59. The van der Waals surface area contributed by atoms with Gasteiger partial charge in [-0.3, -0.25) is 0 Å². The molecule has 2 aromatic carbocycles. The van der Waals surface area contributed by atoms with Crippen molar-refractivity contribution < 1.29 is 9.84 Å². The molecule has 0 aromatic heterocycles. The molecular weight excluding hydrogens is 300 g/mol. The van der Waals surface area contributed by atoms with Crippen LogP contribution in [0.5, 0.6) is 17.2 Å². The monoisotopic (exact) mass is 326 g/mol. The number of anilines is 2.